The van der Waals surface area contributed by atoms with Crippen molar-refractivity contribution in [2.24, 2.45) is 0 Å². The van der Waals surface area contributed by atoms with Crippen LogP contribution in [0, 0.1) is 0 Å². The molecule has 0 saturated carbocycles. The zero-order valence-corrected chi connectivity index (χ0v) is 17.8. The van der Waals surface area contributed by atoms with E-state index in [1.54, 1.807) is 6.07 Å². The van der Waals surface area contributed by atoms with Gasteiger partial charge in [-0.3, -0.25) is 4.57 Å². The van der Waals surface area contributed by atoms with E-state index in [-0.39, 0.29) is 0 Å². The summed E-state index contributed by atoms with van der Waals surface area (Å²) in [6, 6.07) is 27.4. The minimum absolute atomic E-state index is 0.399. The third-order valence-corrected chi connectivity index (χ3v) is 5.82. The molecule has 0 bridgehead atoms. The van der Waals surface area contributed by atoms with Crippen LogP contribution in [-0.2, 0) is 5.75 Å². The number of para-hydroxylation sites is 1. The van der Waals surface area contributed by atoms with E-state index in [1.807, 2.05) is 83.4 Å². The summed E-state index contributed by atoms with van der Waals surface area (Å²) in [7, 11) is 0. The summed E-state index contributed by atoms with van der Waals surface area (Å²) in [6.45, 7) is 0. The molecule has 0 spiro atoms. The molecule has 5 rings (SSSR count). The quantitative estimate of drug-likeness (QED) is 0.302. The second kappa shape index (κ2) is 8.75. The van der Waals surface area contributed by atoms with Gasteiger partial charge in [0.2, 0.25) is 11.8 Å². The van der Waals surface area contributed by atoms with E-state index < -0.39 is 0 Å². The summed E-state index contributed by atoms with van der Waals surface area (Å²) in [4.78, 5) is 0. The summed E-state index contributed by atoms with van der Waals surface area (Å²) in [5.74, 6) is 2.12. The highest BCUT2D eigenvalue weighted by Crippen LogP contribution is 2.31. The molecular formula is C23H16ClN5OS. The lowest BCUT2D eigenvalue weighted by molar-refractivity contribution is 0.528. The Morgan fingerprint density at radius 3 is 2.26 bits per heavy atom. The molecule has 0 aliphatic rings. The number of hydrogen-bond donors (Lipinski definition) is 0. The SMILES string of the molecule is Clc1ccccc1-c1nnc(CSc2nnc(-c3ccccc3)n2-c2ccccc2)o1. The standard InChI is InChI=1S/C23H16ClN5OS/c24-19-14-8-7-13-18(19)22-27-25-20(30-22)15-31-23-28-26-21(16-9-3-1-4-10-16)29(23)17-11-5-2-6-12-17/h1-14H,15H2. The molecule has 0 aliphatic heterocycles. The fourth-order valence-corrected chi connectivity index (χ4v) is 4.13. The van der Waals surface area contributed by atoms with Crippen molar-refractivity contribution in [3.05, 3.63) is 95.8 Å². The van der Waals surface area contributed by atoms with Gasteiger partial charge in [-0.05, 0) is 24.3 Å². The average Bonchev–Trinajstić information content (AvgIpc) is 3.46. The van der Waals surface area contributed by atoms with E-state index in [9.17, 15) is 0 Å². The minimum Gasteiger partial charge on any atom is -0.420 e. The predicted molar refractivity (Wildman–Crippen MR) is 121 cm³/mol. The Labute approximate surface area is 187 Å². The van der Waals surface area contributed by atoms with Gasteiger partial charge in [0, 0.05) is 11.3 Å². The van der Waals surface area contributed by atoms with E-state index in [2.05, 4.69) is 20.4 Å². The van der Waals surface area contributed by atoms with Gasteiger partial charge in [-0.1, -0.05) is 84.0 Å². The Balaban J connectivity index is 1.44. The van der Waals surface area contributed by atoms with E-state index in [0.717, 1.165) is 22.2 Å². The smallest absolute Gasteiger partial charge is 0.249 e. The van der Waals surface area contributed by atoms with Crippen LogP contribution >= 0.6 is 23.4 Å². The largest absolute Gasteiger partial charge is 0.420 e. The van der Waals surface area contributed by atoms with Crippen LogP contribution in [0.4, 0.5) is 0 Å². The normalized spacial score (nSPS) is 11.0. The third kappa shape index (κ3) is 4.10. The van der Waals surface area contributed by atoms with Crippen molar-refractivity contribution in [2.75, 3.05) is 0 Å². The third-order valence-electron chi connectivity index (χ3n) is 4.58. The molecule has 0 radical (unpaired) electrons. The topological polar surface area (TPSA) is 69.6 Å². The van der Waals surface area contributed by atoms with E-state index in [1.165, 1.54) is 11.8 Å². The van der Waals surface area contributed by atoms with Gasteiger partial charge in [0.15, 0.2) is 11.0 Å². The van der Waals surface area contributed by atoms with Crippen molar-refractivity contribution < 1.29 is 4.42 Å². The van der Waals surface area contributed by atoms with Crippen molar-refractivity contribution in [3.8, 4) is 28.5 Å². The predicted octanol–water partition coefficient (Wildman–Crippen LogP) is 5.93. The maximum atomic E-state index is 6.24. The lowest BCUT2D eigenvalue weighted by atomic mass is 10.2. The zero-order chi connectivity index (χ0) is 21.0. The van der Waals surface area contributed by atoms with Crippen LogP contribution in [0.3, 0.4) is 0 Å². The van der Waals surface area contributed by atoms with Crippen LogP contribution in [0.5, 0.6) is 0 Å². The first-order valence-corrected chi connectivity index (χ1v) is 10.9. The number of nitrogens with zero attached hydrogens (tertiary/aromatic N) is 5. The van der Waals surface area contributed by atoms with Gasteiger partial charge in [0.1, 0.15) is 0 Å². The highest BCUT2D eigenvalue weighted by Gasteiger charge is 2.18. The summed E-state index contributed by atoms with van der Waals surface area (Å²) in [6.07, 6.45) is 0. The first-order chi connectivity index (χ1) is 15.3. The first kappa shape index (κ1) is 19.5. The van der Waals surface area contributed by atoms with E-state index in [4.69, 9.17) is 16.0 Å². The highest BCUT2D eigenvalue weighted by atomic mass is 35.5. The van der Waals surface area contributed by atoms with Crippen LogP contribution in [0.25, 0.3) is 28.5 Å². The average molecular weight is 446 g/mol. The maximum Gasteiger partial charge on any atom is 0.249 e. The van der Waals surface area contributed by atoms with Crippen molar-refractivity contribution in [1.82, 2.24) is 25.0 Å². The molecule has 0 saturated heterocycles. The summed E-state index contributed by atoms with van der Waals surface area (Å²) in [5.41, 5.74) is 2.69. The molecule has 5 aromatic rings. The van der Waals surface area contributed by atoms with Crippen molar-refractivity contribution in [1.29, 1.82) is 0 Å². The Morgan fingerprint density at radius 1 is 0.774 bits per heavy atom. The lowest BCUT2D eigenvalue weighted by Gasteiger charge is -2.09. The first-order valence-electron chi connectivity index (χ1n) is 9.56. The van der Waals surface area contributed by atoms with Crippen molar-refractivity contribution in [3.63, 3.8) is 0 Å². The number of benzene rings is 3. The minimum atomic E-state index is 0.399. The molecule has 31 heavy (non-hydrogen) atoms. The van der Waals surface area contributed by atoms with Gasteiger partial charge >= 0.3 is 0 Å². The number of hydrogen-bond acceptors (Lipinski definition) is 6. The lowest BCUT2D eigenvalue weighted by Crippen LogP contribution is -1.99. The molecule has 2 aromatic heterocycles. The Bertz CT molecular complexity index is 1300. The summed E-state index contributed by atoms with van der Waals surface area (Å²) < 4.78 is 7.86. The zero-order valence-electron chi connectivity index (χ0n) is 16.2. The van der Waals surface area contributed by atoms with Crippen LogP contribution in [0.15, 0.2) is 94.5 Å². The number of thioether (sulfide) groups is 1. The second-order valence-electron chi connectivity index (χ2n) is 6.61. The Morgan fingerprint density at radius 2 is 1.48 bits per heavy atom. The number of rotatable bonds is 6. The van der Waals surface area contributed by atoms with Crippen LogP contribution in [0.1, 0.15) is 5.89 Å². The number of halogens is 1. The summed E-state index contributed by atoms with van der Waals surface area (Å²) >= 11 is 7.72. The second-order valence-corrected chi connectivity index (χ2v) is 7.96. The van der Waals surface area contributed by atoms with Crippen LogP contribution in [0.2, 0.25) is 5.02 Å². The van der Waals surface area contributed by atoms with Gasteiger partial charge < -0.3 is 4.42 Å². The van der Waals surface area contributed by atoms with Crippen molar-refractivity contribution in [2.45, 2.75) is 10.9 Å². The molecule has 0 amide bonds. The molecule has 0 aliphatic carbocycles. The Hall–Kier alpha value is -3.42. The van der Waals surface area contributed by atoms with Gasteiger partial charge in [-0.15, -0.1) is 20.4 Å². The molecule has 0 fully saturated rings. The molecule has 8 heteroatoms. The maximum absolute atomic E-state index is 6.24. The molecule has 3 aromatic carbocycles. The molecule has 152 valence electrons. The Kier molecular flexibility index (Phi) is 5.52. The fourth-order valence-electron chi connectivity index (χ4n) is 3.13. The molecule has 0 atom stereocenters. The number of aromatic nitrogens is 5. The molecule has 0 N–H and O–H groups in total. The van der Waals surface area contributed by atoms with Crippen LogP contribution in [-0.4, -0.2) is 25.0 Å². The van der Waals surface area contributed by atoms with Crippen LogP contribution < -0.4 is 0 Å². The summed E-state index contributed by atoms with van der Waals surface area (Å²) in [5, 5.41) is 18.5. The van der Waals surface area contributed by atoms with Gasteiger partial charge in [0.25, 0.3) is 0 Å². The van der Waals surface area contributed by atoms with E-state index >= 15 is 0 Å². The highest BCUT2D eigenvalue weighted by molar-refractivity contribution is 7.98. The molecule has 2 heterocycles. The van der Waals surface area contributed by atoms with Crippen molar-refractivity contribution >= 4 is 23.4 Å². The van der Waals surface area contributed by atoms with E-state index in [0.29, 0.717) is 28.1 Å². The van der Waals surface area contributed by atoms with Gasteiger partial charge in [-0.2, -0.15) is 0 Å². The molecular weight excluding hydrogens is 430 g/mol. The van der Waals surface area contributed by atoms with Gasteiger partial charge in [0.05, 0.1) is 16.3 Å². The fraction of sp³-hybridized carbons (Fsp3) is 0.0435. The molecule has 0 unspecified atom stereocenters. The monoisotopic (exact) mass is 445 g/mol. The molecule has 6 nitrogen and oxygen atoms in total. The van der Waals surface area contributed by atoms with Gasteiger partial charge in [-0.25, -0.2) is 0 Å².